The summed E-state index contributed by atoms with van der Waals surface area (Å²) in [4.78, 5) is 35.4. The summed E-state index contributed by atoms with van der Waals surface area (Å²) in [7, 11) is 0. The lowest BCUT2D eigenvalue weighted by Crippen LogP contribution is -2.28. The van der Waals surface area contributed by atoms with E-state index in [1.807, 2.05) is 0 Å². The number of ether oxygens (including phenoxy) is 1. The molecule has 0 aliphatic carbocycles. The molecule has 0 amide bonds. The fourth-order valence-electron chi connectivity index (χ4n) is 1.51. The molecule has 0 radical (unpaired) electrons. The number of anilines is 1. The number of aromatic amines is 1. The summed E-state index contributed by atoms with van der Waals surface area (Å²) in [6.45, 7) is 4.93. The zero-order chi connectivity index (χ0) is 16.2. The van der Waals surface area contributed by atoms with Crippen molar-refractivity contribution in [2.24, 2.45) is 5.92 Å². The summed E-state index contributed by atoms with van der Waals surface area (Å²) < 4.78 is 5.44. The summed E-state index contributed by atoms with van der Waals surface area (Å²) >= 11 is 0. The van der Waals surface area contributed by atoms with Crippen LogP contribution in [0, 0.1) is 17.2 Å². The molecule has 8 nitrogen and oxygen atoms in total. The van der Waals surface area contributed by atoms with Crippen LogP contribution in [0.5, 0.6) is 0 Å². The molecule has 1 aromatic heterocycles. The first-order chi connectivity index (χ1) is 9.83. The molecule has 0 bridgehead atoms. The number of hydrogen-bond acceptors (Lipinski definition) is 6. The third-order valence-electron chi connectivity index (χ3n) is 2.57. The van der Waals surface area contributed by atoms with Crippen molar-refractivity contribution in [2.75, 3.05) is 12.3 Å². The number of nitrogens with one attached hydrogen (secondary N) is 1. The van der Waals surface area contributed by atoms with Gasteiger partial charge in [-0.3, -0.25) is 14.7 Å². The first kappa shape index (κ1) is 16.2. The number of rotatable bonds is 4. The fourth-order valence-corrected chi connectivity index (χ4v) is 1.51. The second-order valence-electron chi connectivity index (χ2n) is 4.46. The standard InChI is InChI=1S/C13H16N4O4/c1-4-21-13(20)8(6-14)5-9-10(15)16-17(12(9)19)11(18)7(2)3/h5,7,16H,4,15H2,1-3H3/b8-5+. The highest BCUT2D eigenvalue weighted by Gasteiger charge is 2.20. The van der Waals surface area contributed by atoms with Gasteiger partial charge in [0, 0.05) is 5.92 Å². The number of carbonyl (C=O) groups excluding carboxylic acids is 2. The van der Waals surface area contributed by atoms with Crippen molar-refractivity contribution in [3.05, 3.63) is 21.5 Å². The van der Waals surface area contributed by atoms with Gasteiger partial charge < -0.3 is 10.5 Å². The fraction of sp³-hybridized carbons (Fsp3) is 0.385. The highest BCUT2D eigenvalue weighted by molar-refractivity contribution is 5.98. The number of carbonyl (C=O) groups is 2. The average Bonchev–Trinajstić information content (AvgIpc) is 2.70. The lowest BCUT2D eigenvalue weighted by atomic mass is 10.2. The number of nitrogens with zero attached hydrogens (tertiary/aromatic N) is 2. The van der Waals surface area contributed by atoms with Gasteiger partial charge in [0.05, 0.1) is 12.2 Å². The smallest absolute Gasteiger partial charge is 0.348 e. The highest BCUT2D eigenvalue weighted by Crippen LogP contribution is 2.11. The number of hydrogen-bond donors (Lipinski definition) is 2. The normalized spacial score (nSPS) is 11.3. The molecular formula is C13H16N4O4. The van der Waals surface area contributed by atoms with E-state index in [0.29, 0.717) is 0 Å². The molecule has 0 aromatic carbocycles. The molecule has 1 heterocycles. The molecule has 0 aliphatic heterocycles. The second kappa shape index (κ2) is 6.56. The summed E-state index contributed by atoms with van der Waals surface area (Å²) in [5.74, 6) is -1.85. The van der Waals surface area contributed by atoms with Crippen molar-refractivity contribution < 1.29 is 14.3 Å². The van der Waals surface area contributed by atoms with Crippen molar-refractivity contribution in [2.45, 2.75) is 20.8 Å². The van der Waals surface area contributed by atoms with Crippen LogP contribution in [0.4, 0.5) is 5.82 Å². The molecule has 8 heteroatoms. The van der Waals surface area contributed by atoms with Crippen LogP contribution >= 0.6 is 0 Å². The number of nitrogens with two attached hydrogens (primary N) is 1. The van der Waals surface area contributed by atoms with E-state index in [1.54, 1.807) is 26.8 Å². The maximum atomic E-state index is 12.1. The average molecular weight is 292 g/mol. The van der Waals surface area contributed by atoms with Gasteiger partial charge in [0.2, 0.25) is 0 Å². The molecule has 0 aliphatic rings. The summed E-state index contributed by atoms with van der Waals surface area (Å²) in [5.41, 5.74) is 4.40. The van der Waals surface area contributed by atoms with Gasteiger partial charge >= 0.3 is 5.97 Å². The molecule has 3 N–H and O–H groups in total. The van der Waals surface area contributed by atoms with Crippen LogP contribution in [-0.4, -0.2) is 28.3 Å². The van der Waals surface area contributed by atoms with Gasteiger partial charge in [-0.15, -0.1) is 0 Å². The summed E-state index contributed by atoms with van der Waals surface area (Å²) in [5, 5.41) is 11.3. The lowest BCUT2D eigenvalue weighted by molar-refractivity contribution is -0.137. The van der Waals surface area contributed by atoms with E-state index in [-0.39, 0.29) is 23.6 Å². The number of nitriles is 1. The Morgan fingerprint density at radius 3 is 2.62 bits per heavy atom. The largest absolute Gasteiger partial charge is 0.462 e. The number of H-pyrrole nitrogens is 1. The highest BCUT2D eigenvalue weighted by atomic mass is 16.5. The van der Waals surface area contributed by atoms with Gasteiger partial charge in [0.15, 0.2) is 0 Å². The van der Waals surface area contributed by atoms with Crippen LogP contribution in [0.15, 0.2) is 10.4 Å². The Bertz CT molecular complexity index is 688. The Balaban J connectivity index is 3.33. The van der Waals surface area contributed by atoms with E-state index in [4.69, 9.17) is 11.0 Å². The molecule has 1 aromatic rings. The monoisotopic (exact) mass is 292 g/mol. The summed E-state index contributed by atoms with van der Waals surface area (Å²) in [6, 6.07) is 1.63. The molecule has 0 spiro atoms. The minimum atomic E-state index is -0.860. The quantitative estimate of drug-likeness (QED) is 0.472. The van der Waals surface area contributed by atoms with Crippen molar-refractivity contribution in [1.29, 1.82) is 5.26 Å². The van der Waals surface area contributed by atoms with Crippen LogP contribution in [-0.2, 0) is 9.53 Å². The Labute approximate surface area is 120 Å². The van der Waals surface area contributed by atoms with Gasteiger partial charge in [-0.25, -0.2) is 4.79 Å². The molecule has 0 atom stereocenters. The molecule has 0 fully saturated rings. The van der Waals surface area contributed by atoms with E-state index in [2.05, 4.69) is 9.84 Å². The van der Waals surface area contributed by atoms with Crippen molar-refractivity contribution in [3.63, 3.8) is 0 Å². The molecule has 0 saturated heterocycles. The van der Waals surface area contributed by atoms with E-state index in [0.717, 1.165) is 10.8 Å². The number of aromatic nitrogens is 2. The minimum Gasteiger partial charge on any atom is -0.462 e. The van der Waals surface area contributed by atoms with Crippen LogP contribution in [0.1, 0.15) is 31.1 Å². The molecular weight excluding hydrogens is 276 g/mol. The van der Waals surface area contributed by atoms with Crippen molar-refractivity contribution in [1.82, 2.24) is 9.78 Å². The SMILES string of the molecule is CCOC(=O)/C(C#N)=C/c1c(N)[nH]n(C(=O)C(C)C)c1=O. The van der Waals surface area contributed by atoms with Crippen molar-refractivity contribution in [3.8, 4) is 6.07 Å². The van der Waals surface area contributed by atoms with Crippen LogP contribution in [0.2, 0.25) is 0 Å². The molecule has 0 saturated carbocycles. The van der Waals surface area contributed by atoms with Gasteiger partial charge in [-0.05, 0) is 13.0 Å². The Morgan fingerprint density at radius 2 is 2.14 bits per heavy atom. The van der Waals surface area contributed by atoms with Crippen molar-refractivity contribution >= 4 is 23.8 Å². The zero-order valence-corrected chi connectivity index (χ0v) is 12.0. The van der Waals surface area contributed by atoms with E-state index in [1.165, 1.54) is 0 Å². The molecule has 1 rings (SSSR count). The first-order valence-corrected chi connectivity index (χ1v) is 6.27. The predicted octanol–water partition coefficient (Wildman–Crippen LogP) is 0.525. The van der Waals surface area contributed by atoms with Crippen LogP contribution < -0.4 is 11.3 Å². The van der Waals surface area contributed by atoms with E-state index >= 15 is 0 Å². The van der Waals surface area contributed by atoms with E-state index in [9.17, 15) is 14.4 Å². The Hall–Kier alpha value is -2.82. The zero-order valence-electron chi connectivity index (χ0n) is 12.0. The molecule has 0 unspecified atom stereocenters. The minimum absolute atomic E-state index is 0.0938. The van der Waals surface area contributed by atoms with Gasteiger partial charge in [-0.1, -0.05) is 13.8 Å². The number of nitrogen functional groups attached to an aromatic ring is 1. The number of esters is 1. The Morgan fingerprint density at radius 1 is 1.52 bits per heavy atom. The van der Waals surface area contributed by atoms with Gasteiger partial charge in [-0.2, -0.15) is 9.94 Å². The third kappa shape index (κ3) is 3.39. The maximum Gasteiger partial charge on any atom is 0.348 e. The predicted molar refractivity (Wildman–Crippen MR) is 75.2 cm³/mol. The van der Waals surface area contributed by atoms with Crippen LogP contribution in [0.3, 0.4) is 0 Å². The van der Waals surface area contributed by atoms with Gasteiger partial charge in [0.25, 0.3) is 11.5 Å². The van der Waals surface area contributed by atoms with Crippen LogP contribution in [0.25, 0.3) is 6.08 Å². The molecule has 112 valence electrons. The third-order valence-corrected chi connectivity index (χ3v) is 2.57. The first-order valence-electron chi connectivity index (χ1n) is 6.27. The van der Waals surface area contributed by atoms with Gasteiger partial charge in [0.1, 0.15) is 17.5 Å². The maximum absolute atomic E-state index is 12.1. The van der Waals surface area contributed by atoms with E-state index < -0.39 is 23.4 Å². The second-order valence-corrected chi connectivity index (χ2v) is 4.46. The Kier molecular flexibility index (Phi) is 5.07. The summed E-state index contributed by atoms with van der Waals surface area (Å²) in [6.07, 6.45) is 1.01. The molecule has 21 heavy (non-hydrogen) atoms. The topological polar surface area (TPSA) is 131 Å². The lowest BCUT2D eigenvalue weighted by Gasteiger charge is -2.02.